The first kappa shape index (κ1) is 17.5. The molecule has 1 aliphatic rings. The number of pyridine rings is 1. The van der Waals surface area contributed by atoms with Crippen LogP contribution in [0.3, 0.4) is 0 Å². The molecule has 0 saturated carbocycles. The highest BCUT2D eigenvalue weighted by Gasteiger charge is 2.57. The average molecular weight is 361 g/mol. The average Bonchev–Trinajstić information content (AvgIpc) is 2.76. The number of aromatic nitrogens is 1. The third-order valence-corrected chi connectivity index (χ3v) is 4.18. The van der Waals surface area contributed by atoms with Gasteiger partial charge in [-0.25, -0.2) is 23.5 Å². The van der Waals surface area contributed by atoms with Gasteiger partial charge in [-0.15, -0.1) is 0 Å². The maximum absolute atomic E-state index is 13.7. The summed E-state index contributed by atoms with van der Waals surface area (Å²) in [5.74, 6) is -4.15. The number of urea groups is 1. The quantitative estimate of drug-likeness (QED) is 0.843. The van der Waals surface area contributed by atoms with Crippen molar-refractivity contribution in [2.24, 2.45) is 0 Å². The maximum Gasteiger partial charge on any atom is 0.334 e. The molecule has 0 radical (unpaired) electrons. The Kier molecular flexibility index (Phi) is 4.15. The Bertz CT molecular complexity index is 886. The summed E-state index contributed by atoms with van der Waals surface area (Å²) in [6.07, 6.45) is 1.36. The molecule has 1 aromatic carbocycles. The molecule has 2 heterocycles. The first-order valence-corrected chi connectivity index (χ1v) is 7.50. The Labute approximate surface area is 146 Å². The molecule has 1 N–H and O–H groups in total. The zero-order chi connectivity index (χ0) is 19.1. The lowest BCUT2D eigenvalue weighted by atomic mass is 9.90. The minimum Gasteiger partial charge on any atom is -0.480 e. The largest absolute Gasteiger partial charge is 0.480 e. The molecule has 7 nitrogen and oxygen atoms in total. The van der Waals surface area contributed by atoms with E-state index in [1.54, 1.807) is 12.1 Å². The summed E-state index contributed by atoms with van der Waals surface area (Å²) in [5, 5.41) is 9.14. The van der Waals surface area contributed by atoms with Gasteiger partial charge in [0.1, 0.15) is 29.5 Å². The Morgan fingerprint density at radius 2 is 1.85 bits per heavy atom. The van der Waals surface area contributed by atoms with Gasteiger partial charge < -0.3 is 5.11 Å². The standard InChI is InChI=1S/C17H13F2N3O4/c1-17(10-6-11(18)8-12(19)7-10)15(25)22(13-4-2-3-5-20-13)16(26)21(17)9-14(23)24/h2-8H,9H2,1H3,(H,23,24). The number of rotatable bonds is 4. The summed E-state index contributed by atoms with van der Waals surface area (Å²) >= 11 is 0. The van der Waals surface area contributed by atoms with Crippen LogP contribution in [0.25, 0.3) is 0 Å². The normalized spacial score (nSPS) is 20.0. The van der Waals surface area contributed by atoms with Crippen molar-refractivity contribution in [2.75, 3.05) is 11.4 Å². The van der Waals surface area contributed by atoms with Gasteiger partial charge in [-0.05, 0) is 36.8 Å². The van der Waals surface area contributed by atoms with Gasteiger partial charge in [-0.2, -0.15) is 0 Å². The van der Waals surface area contributed by atoms with Crippen molar-refractivity contribution in [1.82, 2.24) is 9.88 Å². The summed E-state index contributed by atoms with van der Waals surface area (Å²) in [6.45, 7) is 0.413. The highest BCUT2D eigenvalue weighted by Crippen LogP contribution is 2.39. The fourth-order valence-electron chi connectivity index (χ4n) is 2.90. The number of anilines is 1. The SMILES string of the molecule is CC1(c2cc(F)cc(F)c2)C(=O)N(c2ccccn2)C(=O)N1CC(=O)O. The second-order valence-electron chi connectivity index (χ2n) is 5.82. The van der Waals surface area contributed by atoms with Gasteiger partial charge in [0, 0.05) is 12.3 Å². The van der Waals surface area contributed by atoms with E-state index in [9.17, 15) is 23.2 Å². The van der Waals surface area contributed by atoms with Crippen molar-refractivity contribution in [2.45, 2.75) is 12.5 Å². The lowest BCUT2D eigenvalue weighted by Gasteiger charge is -2.30. The molecular weight excluding hydrogens is 348 g/mol. The summed E-state index contributed by atoms with van der Waals surface area (Å²) < 4.78 is 27.4. The smallest absolute Gasteiger partial charge is 0.334 e. The lowest BCUT2D eigenvalue weighted by molar-refractivity contribution is -0.139. The van der Waals surface area contributed by atoms with Gasteiger partial charge in [0.15, 0.2) is 0 Å². The first-order valence-electron chi connectivity index (χ1n) is 7.50. The van der Waals surface area contributed by atoms with Crippen LogP contribution in [0.15, 0.2) is 42.6 Å². The van der Waals surface area contributed by atoms with Crippen molar-refractivity contribution in [1.29, 1.82) is 0 Å². The third-order valence-electron chi connectivity index (χ3n) is 4.18. The second-order valence-corrected chi connectivity index (χ2v) is 5.82. The van der Waals surface area contributed by atoms with E-state index < -0.39 is 41.6 Å². The maximum atomic E-state index is 13.7. The molecular formula is C17H13F2N3O4. The number of hydrogen-bond donors (Lipinski definition) is 1. The Hall–Kier alpha value is -3.36. The Morgan fingerprint density at radius 3 is 2.38 bits per heavy atom. The topological polar surface area (TPSA) is 90.8 Å². The fourth-order valence-corrected chi connectivity index (χ4v) is 2.90. The third kappa shape index (κ3) is 2.67. The summed E-state index contributed by atoms with van der Waals surface area (Å²) in [4.78, 5) is 42.4. The number of benzene rings is 1. The van der Waals surface area contributed by atoms with E-state index in [2.05, 4.69) is 4.98 Å². The number of hydrogen-bond acceptors (Lipinski definition) is 4. The summed E-state index contributed by atoms with van der Waals surface area (Å²) in [6, 6.07) is 5.98. The van der Waals surface area contributed by atoms with Crippen molar-refractivity contribution < 1.29 is 28.3 Å². The van der Waals surface area contributed by atoms with Crippen LogP contribution in [0.4, 0.5) is 19.4 Å². The molecule has 1 aliphatic heterocycles. The minimum absolute atomic E-state index is 0.0153. The molecule has 0 aliphatic carbocycles. The number of halogens is 2. The minimum atomic E-state index is -1.91. The molecule has 3 rings (SSSR count). The molecule has 1 aromatic heterocycles. The zero-order valence-electron chi connectivity index (χ0n) is 13.5. The number of nitrogens with zero attached hydrogens (tertiary/aromatic N) is 3. The van der Waals surface area contributed by atoms with E-state index in [1.807, 2.05) is 0 Å². The number of carboxylic acids is 1. The zero-order valence-corrected chi connectivity index (χ0v) is 13.5. The predicted molar refractivity (Wildman–Crippen MR) is 85.2 cm³/mol. The molecule has 1 unspecified atom stereocenters. The first-order chi connectivity index (χ1) is 12.2. The molecule has 0 spiro atoms. The number of aliphatic carboxylic acids is 1. The van der Waals surface area contributed by atoms with Gasteiger partial charge in [-0.3, -0.25) is 14.5 Å². The van der Waals surface area contributed by atoms with Crippen molar-refractivity contribution in [3.05, 3.63) is 59.8 Å². The van der Waals surface area contributed by atoms with Crippen LogP contribution in [-0.4, -0.2) is 39.4 Å². The van der Waals surface area contributed by atoms with E-state index in [-0.39, 0.29) is 11.4 Å². The molecule has 1 atom stereocenters. The van der Waals surface area contributed by atoms with E-state index in [0.717, 1.165) is 17.0 Å². The fraction of sp³-hybridized carbons (Fsp3) is 0.176. The number of imide groups is 1. The van der Waals surface area contributed by atoms with Gasteiger partial charge >= 0.3 is 12.0 Å². The highest BCUT2D eigenvalue weighted by atomic mass is 19.1. The monoisotopic (exact) mass is 361 g/mol. The number of carbonyl (C=O) groups excluding carboxylic acids is 2. The Morgan fingerprint density at radius 1 is 1.19 bits per heavy atom. The van der Waals surface area contributed by atoms with Crippen LogP contribution >= 0.6 is 0 Å². The van der Waals surface area contributed by atoms with Crippen LogP contribution in [-0.2, 0) is 15.1 Å². The highest BCUT2D eigenvalue weighted by molar-refractivity contribution is 6.23. The second kappa shape index (κ2) is 6.17. The molecule has 1 saturated heterocycles. The molecule has 1 fully saturated rings. The van der Waals surface area contributed by atoms with Crippen LogP contribution in [0.1, 0.15) is 12.5 Å². The molecule has 0 bridgehead atoms. The van der Waals surface area contributed by atoms with Gasteiger partial charge in [0.2, 0.25) is 0 Å². The molecule has 9 heteroatoms. The van der Waals surface area contributed by atoms with Crippen LogP contribution in [0.5, 0.6) is 0 Å². The number of amides is 3. The Balaban J connectivity index is 2.18. The van der Waals surface area contributed by atoms with Gasteiger partial charge in [0.05, 0.1) is 0 Å². The van der Waals surface area contributed by atoms with Crippen LogP contribution in [0.2, 0.25) is 0 Å². The lowest BCUT2D eigenvalue weighted by Crippen LogP contribution is -2.46. The van der Waals surface area contributed by atoms with Crippen molar-refractivity contribution in [3.63, 3.8) is 0 Å². The van der Waals surface area contributed by atoms with Crippen molar-refractivity contribution in [3.8, 4) is 0 Å². The van der Waals surface area contributed by atoms with Crippen molar-refractivity contribution >= 4 is 23.7 Å². The summed E-state index contributed by atoms with van der Waals surface area (Å²) in [7, 11) is 0. The van der Waals surface area contributed by atoms with Crippen LogP contribution in [0, 0.1) is 11.6 Å². The molecule has 2 aromatic rings. The molecule has 26 heavy (non-hydrogen) atoms. The van der Waals surface area contributed by atoms with Gasteiger partial charge in [0.25, 0.3) is 5.91 Å². The van der Waals surface area contributed by atoms with E-state index >= 15 is 0 Å². The predicted octanol–water partition coefficient (Wildman–Crippen LogP) is 2.13. The van der Waals surface area contributed by atoms with Crippen LogP contribution < -0.4 is 4.90 Å². The van der Waals surface area contributed by atoms with E-state index in [4.69, 9.17) is 5.11 Å². The number of carboxylic acid groups (broad SMARTS) is 1. The number of carbonyl (C=O) groups is 3. The molecule has 134 valence electrons. The summed E-state index contributed by atoms with van der Waals surface area (Å²) in [5.41, 5.74) is -2.08. The van der Waals surface area contributed by atoms with E-state index in [0.29, 0.717) is 11.0 Å². The van der Waals surface area contributed by atoms with E-state index in [1.165, 1.54) is 19.2 Å². The molecule has 3 amide bonds. The van der Waals surface area contributed by atoms with Gasteiger partial charge in [-0.1, -0.05) is 6.07 Å².